The van der Waals surface area contributed by atoms with E-state index in [9.17, 15) is 4.79 Å². The molecule has 2 heterocycles. The number of allylic oxidation sites excluding steroid dienone is 4. The van der Waals surface area contributed by atoms with Crippen LogP contribution in [0.3, 0.4) is 0 Å². The number of nitrogens with one attached hydrogen (secondary N) is 3. The number of halogens is 1. The van der Waals surface area contributed by atoms with Crippen molar-refractivity contribution in [2.75, 3.05) is 16.0 Å². The third-order valence-corrected chi connectivity index (χ3v) is 6.34. The van der Waals surface area contributed by atoms with Crippen LogP contribution >= 0.6 is 11.6 Å². The molecule has 1 amide bonds. The minimum Gasteiger partial charge on any atom is -0.339 e. The molecule has 1 aliphatic heterocycles. The van der Waals surface area contributed by atoms with Gasteiger partial charge in [-0.1, -0.05) is 30.2 Å². The quantitative estimate of drug-likeness (QED) is 0.602. The molecule has 1 unspecified atom stereocenters. The number of carbonyl (C=O) groups is 1. The lowest BCUT2D eigenvalue weighted by atomic mass is 9.84. The van der Waals surface area contributed by atoms with Crippen LogP contribution in [0.1, 0.15) is 37.7 Å². The normalized spacial score (nSPS) is 20.3. The maximum Gasteiger partial charge on any atom is 0.228 e. The van der Waals surface area contributed by atoms with E-state index in [1.807, 2.05) is 12.1 Å². The second-order valence-corrected chi connectivity index (χ2v) is 8.62. The summed E-state index contributed by atoms with van der Waals surface area (Å²) in [7, 11) is 0. The fourth-order valence-corrected chi connectivity index (χ4v) is 4.22. The lowest BCUT2D eigenvalue weighted by molar-refractivity contribution is -0.122. The molecule has 2 aromatic rings. The Labute approximate surface area is 180 Å². The SMILES string of the molecule is O=C(Nc1ccc2cc1CCC1C=CC=C(C1)Nc1ncc(Cl)c(n1)N2)C1CCC1. The summed E-state index contributed by atoms with van der Waals surface area (Å²) in [5.74, 6) is 1.77. The molecule has 6 nitrogen and oxygen atoms in total. The Morgan fingerprint density at radius 2 is 2.10 bits per heavy atom. The zero-order valence-corrected chi connectivity index (χ0v) is 17.4. The van der Waals surface area contributed by atoms with Gasteiger partial charge in [0.1, 0.15) is 5.02 Å². The van der Waals surface area contributed by atoms with Gasteiger partial charge < -0.3 is 16.0 Å². The summed E-state index contributed by atoms with van der Waals surface area (Å²) in [4.78, 5) is 21.4. The Morgan fingerprint density at radius 3 is 2.93 bits per heavy atom. The molecule has 3 N–H and O–H groups in total. The van der Waals surface area contributed by atoms with E-state index in [0.717, 1.165) is 61.2 Å². The molecule has 1 aromatic carbocycles. The number of nitrogens with zero attached hydrogens (tertiary/aromatic N) is 2. The molecule has 5 rings (SSSR count). The van der Waals surface area contributed by atoms with E-state index in [2.05, 4.69) is 50.2 Å². The van der Waals surface area contributed by atoms with Crippen molar-refractivity contribution in [3.05, 3.63) is 58.9 Å². The van der Waals surface area contributed by atoms with Crippen LogP contribution in [0, 0.1) is 11.8 Å². The van der Waals surface area contributed by atoms with Gasteiger partial charge in [0.05, 0.1) is 6.20 Å². The van der Waals surface area contributed by atoms with Crippen molar-refractivity contribution in [3.63, 3.8) is 0 Å². The summed E-state index contributed by atoms with van der Waals surface area (Å²) in [6, 6.07) is 6.01. The number of fused-ring (bicyclic) bond motifs is 6. The van der Waals surface area contributed by atoms with Gasteiger partial charge in [-0.2, -0.15) is 4.98 Å². The molecule has 1 aromatic heterocycles. The van der Waals surface area contributed by atoms with Gasteiger partial charge in [-0.15, -0.1) is 0 Å². The van der Waals surface area contributed by atoms with Crippen molar-refractivity contribution in [1.82, 2.24) is 9.97 Å². The van der Waals surface area contributed by atoms with Crippen LogP contribution in [0.5, 0.6) is 0 Å². The predicted octanol–water partition coefficient (Wildman–Crippen LogP) is 5.43. The van der Waals surface area contributed by atoms with E-state index in [-0.39, 0.29) is 11.8 Å². The first kappa shape index (κ1) is 19.1. The molecule has 154 valence electrons. The molecular formula is C23H24ClN5O. The molecule has 0 radical (unpaired) electrons. The van der Waals surface area contributed by atoms with Gasteiger partial charge in [-0.3, -0.25) is 4.79 Å². The maximum atomic E-state index is 12.5. The predicted molar refractivity (Wildman–Crippen MR) is 120 cm³/mol. The molecule has 0 spiro atoms. The molecule has 6 bridgehead atoms. The van der Waals surface area contributed by atoms with Crippen LogP contribution in [0.2, 0.25) is 5.02 Å². The van der Waals surface area contributed by atoms with Crippen LogP contribution in [0.4, 0.5) is 23.1 Å². The smallest absolute Gasteiger partial charge is 0.228 e. The van der Waals surface area contributed by atoms with Gasteiger partial charge in [0, 0.05) is 23.0 Å². The summed E-state index contributed by atoms with van der Waals surface area (Å²) in [6.45, 7) is 0. The van der Waals surface area contributed by atoms with E-state index in [1.165, 1.54) is 0 Å². The summed E-state index contributed by atoms with van der Waals surface area (Å²) >= 11 is 6.33. The van der Waals surface area contributed by atoms with Crippen molar-refractivity contribution in [1.29, 1.82) is 0 Å². The highest BCUT2D eigenvalue weighted by Crippen LogP contribution is 2.33. The van der Waals surface area contributed by atoms with Crippen LogP contribution in [-0.4, -0.2) is 15.9 Å². The zero-order valence-electron chi connectivity index (χ0n) is 16.6. The fraction of sp³-hybridized carbons (Fsp3) is 0.348. The van der Waals surface area contributed by atoms with Crippen molar-refractivity contribution in [2.24, 2.45) is 11.8 Å². The highest BCUT2D eigenvalue weighted by molar-refractivity contribution is 6.32. The molecule has 7 heteroatoms. The van der Waals surface area contributed by atoms with Crippen molar-refractivity contribution >= 4 is 40.6 Å². The third-order valence-electron chi connectivity index (χ3n) is 6.07. The molecule has 1 saturated carbocycles. The average Bonchev–Trinajstić information content (AvgIpc) is 2.69. The van der Waals surface area contributed by atoms with Gasteiger partial charge in [0.25, 0.3) is 0 Å². The largest absolute Gasteiger partial charge is 0.339 e. The fourth-order valence-electron chi connectivity index (χ4n) is 4.08. The number of hydrogen-bond acceptors (Lipinski definition) is 5. The highest BCUT2D eigenvalue weighted by atomic mass is 35.5. The van der Waals surface area contributed by atoms with E-state index < -0.39 is 0 Å². The van der Waals surface area contributed by atoms with Crippen molar-refractivity contribution < 1.29 is 4.79 Å². The number of carbonyl (C=O) groups excluding carboxylic acids is 1. The Bertz CT molecular complexity index is 1040. The third kappa shape index (κ3) is 4.05. The average molecular weight is 422 g/mol. The van der Waals surface area contributed by atoms with E-state index in [1.54, 1.807) is 6.20 Å². The molecule has 0 saturated heterocycles. The second-order valence-electron chi connectivity index (χ2n) is 8.21. The van der Waals surface area contributed by atoms with Gasteiger partial charge in [-0.05, 0) is 67.9 Å². The van der Waals surface area contributed by atoms with Crippen LogP contribution in [0.15, 0.2) is 48.3 Å². The molecule has 1 atom stereocenters. The van der Waals surface area contributed by atoms with Crippen LogP contribution in [-0.2, 0) is 11.2 Å². The number of benzene rings is 1. The topological polar surface area (TPSA) is 78.9 Å². The van der Waals surface area contributed by atoms with Gasteiger partial charge in [0.15, 0.2) is 5.82 Å². The standard InChI is InChI=1S/C23H24ClN5O/c24-19-13-25-23-27-17-6-1-3-14(11-17)7-8-16-12-18(26-21(19)29-23)9-10-20(16)28-22(30)15-4-2-5-15/h1,3,6,9-10,12-15H,2,4-5,7-8,11H2,(H,28,30)(H2,25,26,27,29). The molecular weight excluding hydrogens is 398 g/mol. The Kier molecular flexibility index (Phi) is 5.17. The minimum atomic E-state index is 0.136. The van der Waals surface area contributed by atoms with E-state index in [0.29, 0.717) is 22.7 Å². The first-order valence-corrected chi connectivity index (χ1v) is 10.9. The first-order chi connectivity index (χ1) is 14.6. The van der Waals surface area contributed by atoms with Crippen LogP contribution < -0.4 is 16.0 Å². The number of anilines is 4. The van der Waals surface area contributed by atoms with Gasteiger partial charge >= 0.3 is 0 Å². The monoisotopic (exact) mass is 421 g/mol. The highest BCUT2D eigenvalue weighted by Gasteiger charge is 2.26. The van der Waals surface area contributed by atoms with Gasteiger partial charge in [0.2, 0.25) is 11.9 Å². The number of aryl methyl sites for hydroxylation is 1. The lowest BCUT2D eigenvalue weighted by Gasteiger charge is -2.25. The zero-order chi connectivity index (χ0) is 20.5. The molecule has 30 heavy (non-hydrogen) atoms. The summed E-state index contributed by atoms with van der Waals surface area (Å²) in [5.41, 5.74) is 3.99. The Balaban J connectivity index is 1.49. The number of hydrogen-bond donors (Lipinski definition) is 3. The number of amides is 1. The Hall–Kier alpha value is -2.86. The second kappa shape index (κ2) is 8.11. The number of rotatable bonds is 2. The van der Waals surface area contributed by atoms with E-state index >= 15 is 0 Å². The van der Waals surface area contributed by atoms with Crippen LogP contribution in [0.25, 0.3) is 0 Å². The minimum absolute atomic E-state index is 0.136. The number of aromatic nitrogens is 2. The first-order valence-electron chi connectivity index (χ1n) is 10.5. The molecule has 3 aliphatic rings. The summed E-state index contributed by atoms with van der Waals surface area (Å²) in [5, 5.41) is 10.2. The lowest BCUT2D eigenvalue weighted by Crippen LogP contribution is -2.28. The van der Waals surface area contributed by atoms with Crippen molar-refractivity contribution in [3.8, 4) is 0 Å². The van der Waals surface area contributed by atoms with Crippen molar-refractivity contribution in [2.45, 2.75) is 38.5 Å². The van der Waals surface area contributed by atoms with E-state index in [4.69, 9.17) is 11.6 Å². The summed E-state index contributed by atoms with van der Waals surface area (Å²) in [6.07, 6.45) is 13.9. The molecule has 2 aliphatic carbocycles. The molecule has 1 fully saturated rings. The summed E-state index contributed by atoms with van der Waals surface area (Å²) < 4.78 is 0. The Morgan fingerprint density at radius 1 is 1.20 bits per heavy atom. The van der Waals surface area contributed by atoms with Gasteiger partial charge in [-0.25, -0.2) is 4.98 Å². The maximum absolute atomic E-state index is 12.5.